The summed E-state index contributed by atoms with van der Waals surface area (Å²) in [6, 6.07) is 6.87. The summed E-state index contributed by atoms with van der Waals surface area (Å²) in [5.41, 5.74) is 4.25. The van der Waals surface area contributed by atoms with Crippen LogP contribution in [0.15, 0.2) is 18.2 Å². The quantitative estimate of drug-likeness (QED) is 0.782. The number of methoxy groups -OCH3 is 1. The van der Waals surface area contributed by atoms with E-state index in [-0.39, 0.29) is 0 Å². The fourth-order valence-electron chi connectivity index (χ4n) is 2.99. The largest absolute Gasteiger partial charge is 0.383 e. The number of likely N-dealkylation sites (tertiary alicyclic amines) is 1. The van der Waals surface area contributed by atoms with E-state index in [0.717, 1.165) is 32.2 Å². The van der Waals surface area contributed by atoms with Crippen molar-refractivity contribution in [3.05, 3.63) is 34.9 Å². The molecule has 0 radical (unpaired) electrons. The lowest BCUT2D eigenvalue weighted by Gasteiger charge is -2.32. The van der Waals surface area contributed by atoms with Gasteiger partial charge in [0.25, 0.3) is 0 Å². The number of nitrogens with one attached hydrogen (secondary N) is 1. The molecule has 3 nitrogen and oxygen atoms in total. The lowest BCUT2D eigenvalue weighted by molar-refractivity contribution is 0.168. The topological polar surface area (TPSA) is 24.5 Å². The van der Waals surface area contributed by atoms with Crippen molar-refractivity contribution in [2.45, 2.75) is 33.2 Å². The number of piperidine rings is 1. The second-order valence-corrected chi connectivity index (χ2v) is 6.34. The number of benzene rings is 1. The van der Waals surface area contributed by atoms with Crippen molar-refractivity contribution in [1.82, 2.24) is 10.2 Å². The van der Waals surface area contributed by atoms with Gasteiger partial charge in [0.05, 0.1) is 6.61 Å². The van der Waals surface area contributed by atoms with Gasteiger partial charge in [-0.05, 0) is 68.9 Å². The molecule has 3 heteroatoms. The van der Waals surface area contributed by atoms with E-state index in [1.807, 2.05) is 0 Å². The molecule has 1 aliphatic rings. The molecule has 0 atom stereocenters. The Bertz CT molecular complexity index is 425. The first-order valence-electron chi connectivity index (χ1n) is 8.17. The Hall–Kier alpha value is -0.900. The van der Waals surface area contributed by atoms with Gasteiger partial charge in [0.2, 0.25) is 0 Å². The molecule has 1 aromatic carbocycles. The molecule has 118 valence electrons. The minimum Gasteiger partial charge on any atom is -0.383 e. The Morgan fingerprint density at radius 2 is 1.95 bits per heavy atom. The first kappa shape index (κ1) is 16.5. The van der Waals surface area contributed by atoms with Gasteiger partial charge >= 0.3 is 0 Å². The molecule has 0 spiro atoms. The summed E-state index contributed by atoms with van der Waals surface area (Å²) in [4.78, 5) is 2.59. The first-order valence-corrected chi connectivity index (χ1v) is 8.17. The number of aryl methyl sites for hydroxylation is 2. The van der Waals surface area contributed by atoms with E-state index in [0.29, 0.717) is 0 Å². The molecular weight excluding hydrogens is 260 g/mol. The fourth-order valence-corrected chi connectivity index (χ4v) is 2.99. The third-order valence-corrected chi connectivity index (χ3v) is 4.60. The molecule has 21 heavy (non-hydrogen) atoms. The summed E-state index contributed by atoms with van der Waals surface area (Å²) in [5, 5.41) is 3.49. The average molecular weight is 290 g/mol. The third-order valence-electron chi connectivity index (χ3n) is 4.60. The van der Waals surface area contributed by atoms with Crippen LogP contribution in [0.2, 0.25) is 0 Å². The van der Waals surface area contributed by atoms with Crippen molar-refractivity contribution in [2.75, 3.05) is 39.9 Å². The number of ether oxygens (including phenoxy) is 1. The zero-order valence-corrected chi connectivity index (χ0v) is 13.8. The first-order chi connectivity index (χ1) is 10.2. The Kier molecular flexibility index (Phi) is 6.68. The van der Waals surface area contributed by atoms with Gasteiger partial charge in [-0.2, -0.15) is 0 Å². The molecular formula is C18H30N2O. The van der Waals surface area contributed by atoms with Crippen molar-refractivity contribution in [2.24, 2.45) is 5.92 Å². The van der Waals surface area contributed by atoms with E-state index < -0.39 is 0 Å². The molecule has 0 aromatic heterocycles. The predicted octanol–water partition coefficient (Wildman–Crippen LogP) is 2.75. The molecule has 1 fully saturated rings. The van der Waals surface area contributed by atoms with Crippen LogP contribution in [0.4, 0.5) is 0 Å². The third kappa shape index (κ3) is 5.42. The highest BCUT2D eigenvalue weighted by Crippen LogP contribution is 2.19. The van der Waals surface area contributed by atoms with Gasteiger partial charge in [-0.15, -0.1) is 0 Å². The maximum absolute atomic E-state index is 5.06. The lowest BCUT2D eigenvalue weighted by Crippen LogP contribution is -2.37. The van der Waals surface area contributed by atoms with E-state index in [1.165, 1.54) is 42.6 Å². The summed E-state index contributed by atoms with van der Waals surface area (Å²) in [6.07, 6.45) is 2.62. The van der Waals surface area contributed by atoms with Gasteiger partial charge in [-0.3, -0.25) is 4.90 Å². The fraction of sp³-hybridized carbons (Fsp3) is 0.667. The average Bonchev–Trinajstić information content (AvgIpc) is 2.49. The molecule has 1 aliphatic heterocycles. The highest BCUT2D eigenvalue weighted by Gasteiger charge is 2.18. The molecule has 0 amide bonds. The normalized spacial score (nSPS) is 17.3. The van der Waals surface area contributed by atoms with Crippen LogP contribution in [0.3, 0.4) is 0 Å². The molecule has 0 aliphatic carbocycles. The molecule has 2 rings (SSSR count). The smallest absolute Gasteiger partial charge is 0.0587 e. The van der Waals surface area contributed by atoms with Crippen molar-refractivity contribution in [3.63, 3.8) is 0 Å². The van der Waals surface area contributed by atoms with Crippen molar-refractivity contribution < 1.29 is 4.74 Å². The van der Waals surface area contributed by atoms with E-state index in [2.05, 4.69) is 42.3 Å². The van der Waals surface area contributed by atoms with Gasteiger partial charge in [-0.25, -0.2) is 0 Å². The van der Waals surface area contributed by atoms with E-state index in [1.54, 1.807) is 7.11 Å². The lowest BCUT2D eigenvalue weighted by atomic mass is 9.96. The predicted molar refractivity (Wildman–Crippen MR) is 88.7 cm³/mol. The van der Waals surface area contributed by atoms with Crippen LogP contribution in [0.1, 0.15) is 29.5 Å². The monoisotopic (exact) mass is 290 g/mol. The van der Waals surface area contributed by atoms with Crippen LogP contribution in [0.25, 0.3) is 0 Å². The van der Waals surface area contributed by atoms with Crippen molar-refractivity contribution in [1.29, 1.82) is 0 Å². The summed E-state index contributed by atoms with van der Waals surface area (Å²) in [6.45, 7) is 10.9. The maximum atomic E-state index is 5.06. The Balaban J connectivity index is 1.70. The molecule has 1 saturated heterocycles. The van der Waals surface area contributed by atoms with Crippen LogP contribution in [0.5, 0.6) is 0 Å². The van der Waals surface area contributed by atoms with Crippen LogP contribution >= 0.6 is 0 Å². The molecule has 1 N–H and O–H groups in total. The molecule has 0 saturated carbocycles. The number of hydrogen-bond donors (Lipinski definition) is 1. The van der Waals surface area contributed by atoms with Crippen molar-refractivity contribution in [3.8, 4) is 0 Å². The maximum Gasteiger partial charge on any atom is 0.0587 e. The molecule has 0 bridgehead atoms. The summed E-state index contributed by atoms with van der Waals surface area (Å²) in [5.74, 6) is 0.831. The standard InChI is InChI=1S/C18H30N2O/c1-15-4-5-18(12-16(15)2)14-20-9-6-17(7-10-20)13-19-8-11-21-3/h4-5,12,17,19H,6-11,13-14H2,1-3H3. The Labute approximate surface area is 129 Å². The Morgan fingerprint density at radius 3 is 2.62 bits per heavy atom. The Morgan fingerprint density at radius 1 is 1.19 bits per heavy atom. The molecule has 1 aromatic rings. The van der Waals surface area contributed by atoms with Crippen molar-refractivity contribution >= 4 is 0 Å². The van der Waals surface area contributed by atoms with Gasteiger partial charge in [0.1, 0.15) is 0 Å². The summed E-state index contributed by atoms with van der Waals surface area (Å²) >= 11 is 0. The van der Waals surface area contributed by atoms with E-state index >= 15 is 0 Å². The minimum atomic E-state index is 0.811. The summed E-state index contributed by atoms with van der Waals surface area (Å²) < 4.78 is 5.06. The second kappa shape index (κ2) is 8.52. The second-order valence-electron chi connectivity index (χ2n) is 6.34. The number of hydrogen-bond acceptors (Lipinski definition) is 3. The molecule has 1 heterocycles. The van der Waals surface area contributed by atoms with Crippen LogP contribution in [-0.4, -0.2) is 44.8 Å². The van der Waals surface area contributed by atoms with Gasteiger partial charge < -0.3 is 10.1 Å². The van der Waals surface area contributed by atoms with Crippen LogP contribution < -0.4 is 5.32 Å². The minimum absolute atomic E-state index is 0.811. The van der Waals surface area contributed by atoms with Gasteiger partial charge in [0.15, 0.2) is 0 Å². The van der Waals surface area contributed by atoms with E-state index in [4.69, 9.17) is 4.74 Å². The number of rotatable bonds is 7. The highest BCUT2D eigenvalue weighted by atomic mass is 16.5. The highest BCUT2D eigenvalue weighted by molar-refractivity contribution is 5.29. The zero-order valence-electron chi connectivity index (χ0n) is 13.8. The summed E-state index contributed by atoms with van der Waals surface area (Å²) in [7, 11) is 1.76. The SMILES string of the molecule is COCCNCC1CCN(Cc2ccc(C)c(C)c2)CC1. The van der Waals surface area contributed by atoms with Crippen LogP contribution in [0, 0.1) is 19.8 Å². The van der Waals surface area contributed by atoms with Gasteiger partial charge in [-0.1, -0.05) is 18.2 Å². The van der Waals surface area contributed by atoms with Gasteiger partial charge in [0, 0.05) is 20.2 Å². The van der Waals surface area contributed by atoms with E-state index in [9.17, 15) is 0 Å². The number of nitrogens with zero attached hydrogens (tertiary/aromatic N) is 1. The van der Waals surface area contributed by atoms with Crippen LogP contribution in [-0.2, 0) is 11.3 Å². The molecule has 0 unspecified atom stereocenters. The zero-order chi connectivity index (χ0) is 15.1.